The molecule has 0 aliphatic carbocycles. The first-order valence-corrected chi connectivity index (χ1v) is 7.84. The summed E-state index contributed by atoms with van der Waals surface area (Å²) in [4.78, 5) is 12.3. The Morgan fingerprint density at radius 3 is 2.60 bits per heavy atom. The van der Waals surface area contributed by atoms with Crippen LogP contribution in [-0.4, -0.2) is 51.8 Å². The van der Waals surface area contributed by atoms with Gasteiger partial charge in [-0.15, -0.1) is 0 Å². The Bertz CT molecular complexity index is 650. The molecule has 8 nitrogen and oxygen atoms in total. The minimum absolute atomic E-state index is 0.181. The Hall–Kier alpha value is -2.63. The number of carbonyl (C=O) groups is 1. The lowest BCUT2D eigenvalue weighted by Crippen LogP contribution is -2.38. The Morgan fingerprint density at radius 2 is 2.04 bits per heavy atom. The first-order chi connectivity index (χ1) is 12.1. The summed E-state index contributed by atoms with van der Waals surface area (Å²) in [6.07, 6.45) is 0.153. The topological polar surface area (TPSA) is 96.2 Å². The molecule has 1 amide bonds. The van der Waals surface area contributed by atoms with Crippen molar-refractivity contribution < 1.29 is 19.0 Å². The molecule has 25 heavy (non-hydrogen) atoms. The molecule has 1 aromatic rings. The van der Waals surface area contributed by atoms with Gasteiger partial charge in [0.2, 0.25) is 0 Å². The van der Waals surface area contributed by atoms with Gasteiger partial charge in [-0.1, -0.05) is 0 Å². The van der Waals surface area contributed by atoms with E-state index in [-0.39, 0.29) is 24.9 Å². The van der Waals surface area contributed by atoms with Crippen LogP contribution in [0, 0.1) is 11.3 Å². The average Bonchev–Trinajstić information content (AvgIpc) is 3.07. The van der Waals surface area contributed by atoms with Gasteiger partial charge in [-0.2, -0.15) is 10.4 Å². The second kappa shape index (κ2) is 9.01. The van der Waals surface area contributed by atoms with Crippen LogP contribution in [0.2, 0.25) is 0 Å². The number of rotatable bonds is 8. The number of methoxy groups -OCH3 is 3. The largest absolute Gasteiger partial charge is 0.497 e. The maximum atomic E-state index is 12.3. The number of benzene rings is 1. The summed E-state index contributed by atoms with van der Waals surface area (Å²) in [7, 11) is 4.60. The normalized spacial score (nSPS) is 16.5. The zero-order valence-corrected chi connectivity index (χ0v) is 14.6. The lowest BCUT2D eigenvalue weighted by atomic mass is 10.1. The van der Waals surface area contributed by atoms with Crippen molar-refractivity contribution in [3.8, 4) is 11.8 Å². The number of hydrogen-bond donors (Lipinski definition) is 1. The molecule has 1 heterocycles. The first-order valence-electron chi connectivity index (χ1n) is 7.84. The fourth-order valence-electron chi connectivity index (χ4n) is 2.51. The number of anilines is 1. The number of nitriles is 1. The molecule has 0 radical (unpaired) electrons. The van der Waals surface area contributed by atoms with Gasteiger partial charge in [-0.3, -0.25) is 9.80 Å². The molecular weight excluding hydrogens is 324 g/mol. The van der Waals surface area contributed by atoms with Gasteiger partial charge in [-0.05, 0) is 24.3 Å². The number of hydrazone groups is 1. The van der Waals surface area contributed by atoms with E-state index in [1.165, 1.54) is 14.2 Å². The predicted molar refractivity (Wildman–Crippen MR) is 92.4 cm³/mol. The van der Waals surface area contributed by atoms with Crippen LogP contribution >= 0.6 is 0 Å². The number of amides is 1. The SMILES string of the molecule is COc1ccc(N2N=C(C(=O)NCC(OC)OC)CC2CC#N)cc1. The van der Waals surface area contributed by atoms with E-state index in [0.29, 0.717) is 12.1 Å². The second-order valence-electron chi connectivity index (χ2n) is 5.42. The maximum absolute atomic E-state index is 12.3. The minimum Gasteiger partial charge on any atom is -0.497 e. The molecule has 0 bridgehead atoms. The summed E-state index contributed by atoms with van der Waals surface area (Å²) in [6.45, 7) is 0.219. The number of nitrogens with one attached hydrogen (secondary N) is 1. The van der Waals surface area contributed by atoms with Crippen LogP contribution in [0.3, 0.4) is 0 Å². The summed E-state index contributed by atoms with van der Waals surface area (Å²) < 4.78 is 15.2. The Labute approximate surface area is 147 Å². The highest BCUT2D eigenvalue weighted by molar-refractivity contribution is 6.39. The van der Waals surface area contributed by atoms with E-state index >= 15 is 0 Å². The average molecular weight is 346 g/mol. The van der Waals surface area contributed by atoms with E-state index in [9.17, 15) is 4.79 Å². The Kier molecular flexibility index (Phi) is 6.74. The third-order valence-electron chi connectivity index (χ3n) is 3.88. The quantitative estimate of drug-likeness (QED) is 0.712. The van der Waals surface area contributed by atoms with Gasteiger partial charge in [-0.25, -0.2) is 0 Å². The summed E-state index contributed by atoms with van der Waals surface area (Å²) in [5.41, 5.74) is 1.18. The Morgan fingerprint density at radius 1 is 1.36 bits per heavy atom. The van der Waals surface area contributed by atoms with E-state index in [1.807, 2.05) is 24.3 Å². The van der Waals surface area contributed by atoms with Crippen LogP contribution in [0.4, 0.5) is 5.69 Å². The molecule has 0 aromatic heterocycles. The third kappa shape index (κ3) is 4.68. The van der Waals surface area contributed by atoms with Gasteiger partial charge in [0, 0.05) is 20.6 Å². The van der Waals surface area contributed by atoms with E-state index in [2.05, 4.69) is 16.5 Å². The van der Waals surface area contributed by atoms with E-state index < -0.39 is 6.29 Å². The molecular formula is C17H22N4O4. The lowest BCUT2D eigenvalue weighted by Gasteiger charge is -2.21. The maximum Gasteiger partial charge on any atom is 0.267 e. The van der Waals surface area contributed by atoms with Crippen molar-refractivity contribution in [1.29, 1.82) is 5.26 Å². The highest BCUT2D eigenvalue weighted by Gasteiger charge is 2.31. The summed E-state index contributed by atoms with van der Waals surface area (Å²) in [5.74, 6) is 0.435. The lowest BCUT2D eigenvalue weighted by molar-refractivity contribution is -0.122. The van der Waals surface area contributed by atoms with Crippen LogP contribution in [0.1, 0.15) is 12.8 Å². The summed E-state index contributed by atoms with van der Waals surface area (Å²) in [6, 6.07) is 9.29. The molecule has 0 saturated carbocycles. The van der Waals surface area contributed by atoms with E-state index in [1.54, 1.807) is 12.1 Å². The van der Waals surface area contributed by atoms with E-state index in [4.69, 9.17) is 19.5 Å². The van der Waals surface area contributed by atoms with Crippen LogP contribution in [0.15, 0.2) is 29.4 Å². The van der Waals surface area contributed by atoms with Crippen molar-refractivity contribution in [3.63, 3.8) is 0 Å². The van der Waals surface area contributed by atoms with Gasteiger partial charge in [0.25, 0.3) is 5.91 Å². The predicted octanol–water partition coefficient (Wildman–Crippen LogP) is 1.28. The molecule has 1 N–H and O–H groups in total. The van der Waals surface area contributed by atoms with Crippen molar-refractivity contribution in [3.05, 3.63) is 24.3 Å². The monoisotopic (exact) mass is 346 g/mol. The molecule has 1 aliphatic rings. The number of hydrogen-bond acceptors (Lipinski definition) is 7. The fourth-order valence-corrected chi connectivity index (χ4v) is 2.51. The summed E-state index contributed by atoms with van der Waals surface area (Å²) >= 11 is 0. The van der Waals surface area contributed by atoms with Gasteiger partial charge >= 0.3 is 0 Å². The van der Waals surface area contributed by atoms with Gasteiger partial charge in [0.1, 0.15) is 11.5 Å². The fraction of sp³-hybridized carbons (Fsp3) is 0.471. The molecule has 0 saturated heterocycles. The molecule has 8 heteroatoms. The molecule has 1 aromatic carbocycles. The van der Waals surface area contributed by atoms with Gasteiger partial charge < -0.3 is 19.5 Å². The number of nitrogens with zero attached hydrogens (tertiary/aromatic N) is 3. The van der Waals surface area contributed by atoms with E-state index in [0.717, 1.165) is 11.4 Å². The highest BCUT2D eigenvalue weighted by atomic mass is 16.7. The van der Waals surface area contributed by atoms with Gasteiger partial charge in [0.15, 0.2) is 6.29 Å². The van der Waals surface area contributed by atoms with Crippen molar-refractivity contribution in [2.24, 2.45) is 5.10 Å². The zero-order chi connectivity index (χ0) is 18.2. The molecule has 0 spiro atoms. The molecule has 2 rings (SSSR count). The summed E-state index contributed by atoms with van der Waals surface area (Å²) in [5, 5.41) is 17.9. The standard InChI is InChI=1S/C17H22N4O4/c1-23-14-6-4-12(5-7-14)21-13(8-9-18)10-15(20-21)17(22)19-11-16(24-2)25-3/h4-7,13,16H,8,10-11H2,1-3H3,(H,19,22). The van der Waals surface area contributed by atoms with Crippen LogP contribution in [0.5, 0.6) is 5.75 Å². The minimum atomic E-state index is -0.515. The first kappa shape index (κ1) is 18.7. The molecule has 1 unspecified atom stereocenters. The van der Waals surface area contributed by atoms with Crippen LogP contribution < -0.4 is 15.1 Å². The molecule has 1 aliphatic heterocycles. The van der Waals surface area contributed by atoms with Crippen molar-refractivity contribution in [2.45, 2.75) is 25.2 Å². The van der Waals surface area contributed by atoms with Gasteiger partial charge in [0.05, 0.1) is 37.9 Å². The second-order valence-corrected chi connectivity index (χ2v) is 5.42. The molecule has 1 atom stereocenters. The van der Waals surface area contributed by atoms with Crippen LogP contribution in [0.25, 0.3) is 0 Å². The third-order valence-corrected chi connectivity index (χ3v) is 3.88. The highest BCUT2D eigenvalue weighted by Crippen LogP contribution is 2.28. The number of ether oxygens (including phenoxy) is 3. The molecule has 134 valence electrons. The molecule has 0 fully saturated rings. The van der Waals surface area contributed by atoms with Crippen molar-refractivity contribution in [1.82, 2.24) is 5.32 Å². The zero-order valence-electron chi connectivity index (χ0n) is 14.6. The Balaban J connectivity index is 2.11. The number of carbonyl (C=O) groups excluding carboxylic acids is 1. The smallest absolute Gasteiger partial charge is 0.267 e. The van der Waals surface area contributed by atoms with Crippen LogP contribution in [-0.2, 0) is 14.3 Å². The van der Waals surface area contributed by atoms with Crippen molar-refractivity contribution in [2.75, 3.05) is 32.9 Å². The van der Waals surface area contributed by atoms with Crippen molar-refractivity contribution >= 4 is 17.3 Å².